The molecule has 1 unspecified atom stereocenters. The molecule has 148 valence electrons. The molecule has 0 saturated heterocycles. The smallest absolute Gasteiger partial charge is 0.196 e. The Labute approximate surface area is 168 Å². The normalized spacial score (nSPS) is 19.6. The lowest BCUT2D eigenvalue weighted by atomic mass is 9.84. The Bertz CT molecular complexity index is 947. The summed E-state index contributed by atoms with van der Waals surface area (Å²) >= 11 is 0. The Morgan fingerprint density at radius 2 is 1.64 bits per heavy atom. The molecule has 3 heterocycles. The lowest BCUT2D eigenvalue weighted by molar-refractivity contribution is -0.753. The van der Waals surface area contributed by atoms with Gasteiger partial charge in [0, 0.05) is 22.8 Å². The highest BCUT2D eigenvalue weighted by atomic mass is 15.4. The van der Waals surface area contributed by atoms with Gasteiger partial charge in [-0.3, -0.25) is 0 Å². The minimum Gasteiger partial charge on any atom is -0.217 e. The zero-order valence-electron chi connectivity index (χ0n) is 18.2. The van der Waals surface area contributed by atoms with Crippen LogP contribution in [0.15, 0.2) is 30.0 Å². The van der Waals surface area contributed by atoms with Gasteiger partial charge in [0.15, 0.2) is 13.2 Å². The molecule has 0 amide bonds. The van der Waals surface area contributed by atoms with Crippen molar-refractivity contribution in [2.75, 3.05) is 0 Å². The van der Waals surface area contributed by atoms with Crippen molar-refractivity contribution in [2.45, 2.75) is 77.7 Å². The molecule has 0 spiro atoms. The van der Waals surface area contributed by atoms with Crippen LogP contribution in [0.5, 0.6) is 0 Å². The van der Waals surface area contributed by atoms with E-state index in [1.165, 1.54) is 16.8 Å². The Morgan fingerprint density at radius 3 is 2.25 bits per heavy atom. The second-order valence-electron chi connectivity index (χ2n) is 10.2. The fraction of sp³-hybridized carbons (Fsp3) is 0.565. The number of nitrogens with zero attached hydrogens (tertiary/aromatic N) is 5. The minimum absolute atomic E-state index is 0.103. The SMILES string of the molecule is C[n+]1ccc2n1CCC1=C2CC(c2nc(C(C)(C)C)nc(C(C)(C)C)n2)C=C1. The molecule has 2 aliphatic rings. The lowest BCUT2D eigenvalue weighted by Gasteiger charge is -2.27. The summed E-state index contributed by atoms with van der Waals surface area (Å²) in [6.45, 7) is 14.1. The summed E-state index contributed by atoms with van der Waals surface area (Å²) in [5.41, 5.74) is 4.03. The van der Waals surface area contributed by atoms with Crippen LogP contribution in [-0.4, -0.2) is 19.6 Å². The summed E-state index contributed by atoms with van der Waals surface area (Å²) in [6, 6.07) is 2.24. The van der Waals surface area contributed by atoms with Crippen LogP contribution in [0.25, 0.3) is 5.57 Å². The molecule has 5 nitrogen and oxygen atoms in total. The molecule has 1 atom stereocenters. The van der Waals surface area contributed by atoms with Gasteiger partial charge in [-0.15, -0.1) is 4.68 Å². The average molecular weight is 379 g/mol. The molecule has 5 heteroatoms. The van der Waals surface area contributed by atoms with Crippen molar-refractivity contribution in [3.8, 4) is 0 Å². The third-order valence-electron chi connectivity index (χ3n) is 5.68. The van der Waals surface area contributed by atoms with E-state index in [1.807, 2.05) is 0 Å². The highest BCUT2D eigenvalue weighted by Crippen LogP contribution is 2.39. The quantitative estimate of drug-likeness (QED) is 0.705. The van der Waals surface area contributed by atoms with Crippen LogP contribution in [0.4, 0.5) is 0 Å². The molecule has 2 aromatic heterocycles. The highest BCUT2D eigenvalue weighted by molar-refractivity contribution is 5.72. The summed E-state index contributed by atoms with van der Waals surface area (Å²) < 4.78 is 4.55. The zero-order chi connectivity index (χ0) is 20.3. The molecule has 0 saturated carbocycles. The van der Waals surface area contributed by atoms with E-state index in [2.05, 4.69) is 82.4 Å². The molecule has 0 fully saturated rings. The first-order valence-corrected chi connectivity index (χ1v) is 10.3. The molecule has 0 bridgehead atoms. The Hall–Kier alpha value is -2.30. The molecule has 0 N–H and O–H groups in total. The maximum Gasteiger partial charge on any atom is 0.196 e. The lowest BCUT2D eigenvalue weighted by Crippen LogP contribution is -2.40. The van der Waals surface area contributed by atoms with Gasteiger partial charge in [0.1, 0.15) is 23.2 Å². The number of rotatable bonds is 1. The van der Waals surface area contributed by atoms with Crippen molar-refractivity contribution in [1.82, 2.24) is 19.6 Å². The number of allylic oxidation sites excluding steroid dienone is 4. The minimum atomic E-state index is -0.103. The van der Waals surface area contributed by atoms with E-state index >= 15 is 0 Å². The van der Waals surface area contributed by atoms with Crippen LogP contribution in [0.2, 0.25) is 0 Å². The van der Waals surface area contributed by atoms with Crippen molar-refractivity contribution in [1.29, 1.82) is 0 Å². The number of hydrogen-bond donors (Lipinski definition) is 0. The molecule has 0 aromatic carbocycles. The predicted octanol–water partition coefficient (Wildman–Crippen LogP) is 3.99. The predicted molar refractivity (Wildman–Crippen MR) is 111 cm³/mol. The maximum absolute atomic E-state index is 4.93. The third kappa shape index (κ3) is 3.31. The summed E-state index contributed by atoms with van der Waals surface area (Å²) in [4.78, 5) is 14.7. The Kier molecular flexibility index (Phi) is 4.32. The molecule has 1 aliphatic heterocycles. The van der Waals surface area contributed by atoms with E-state index in [0.29, 0.717) is 0 Å². The van der Waals surface area contributed by atoms with E-state index in [0.717, 1.165) is 36.9 Å². The van der Waals surface area contributed by atoms with Gasteiger partial charge in [-0.1, -0.05) is 53.7 Å². The van der Waals surface area contributed by atoms with Gasteiger partial charge in [-0.05, 0) is 24.0 Å². The Morgan fingerprint density at radius 1 is 1.00 bits per heavy atom. The van der Waals surface area contributed by atoms with E-state index in [-0.39, 0.29) is 16.7 Å². The number of hydrogen-bond acceptors (Lipinski definition) is 3. The largest absolute Gasteiger partial charge is 0.217 e. The molecule has 28 heavy (non-hydrogen) atoms. The Balaban J connectivity index is 1.75. The van der Waals surface area contributed by atoms with E-state index in [1.54, 1.807) is 0 Å². The molecular weight excluding hydrogens is 346 g/mol. The van der Waals surface area contributed by atoms with Gasteiger partial charge >= 0.3 is 0 Å². The highest BCUT2D eigenvalue weighted by Gasteiger charge is 2.31. The molecule has 1 aliphatic carbocycles. The summed E-state index contributed by atoms with van der Waals surface area (Å²) in [7, 11) is 2.11. The van der Waals surface area contributed by atoms with Crippen LogP contribution in [0, 0.1) is 0 Å². The topological polar surface area (TPSA) is 47.5 Å². The van der Waals surface area contributed by atoms with E-state index in [9.17, 15) is 0 Å². The average Bonchev–Trinajstić information content (AvgIpc) is 3.01. The van der Waals surface area contributed by atoms with Gasteiger partial charge in [0.25, 0.3) is 0 Å². The van der Waals surface area contributed by atoms with Crippen molar-refractivity contribution in [3.05, 3.63) is 53.2 Å². The third-order valence-corrected chi connectivity index (χ3v) is 5.68. The molecular formula is C23H32N5+. The van der Waals surface area contributed by atoms with Gasteiger partial charge in [-0.2, -0.15) is 4.68 Å². The number of fused-ring (bicyclic) bond motifs is 2. The van der Waals surface area contributed by atoms with Crippen LogP contribution in [0.3, 0.4) is 0 Å². The van der Waals surface area contributed by atoms with E-state index < -0.39 is 0 Å². The van der Waals surface area contributed by atoms with Crippen molar-refractivity contribution in [2.24, 2.45) is 7.05 Å². The fourth-order valence-electron chi connectivity index (χ4n) is 3.94. The van der Waals surface area contributed by atoms with Crippen molar-refractivity contribution in [3.63, 3.8) is 0 Å². The molecule has 4 rings (SSSR count). The van der Waals surface area contributed by atoms with Crippen LogP contribution >= 0.6 is 0 Å². The fourth-order valence-corrected chi connectivity index (χ4v) is 3.94. The number of aryl methyl sites for hydroxylation is 1. The van der Waals surface area contributed by atoms with Crippen LogP contribution in [0.1, 0.15) is 83.5 Å². The first-order chi connectivity index (χ1) is 13.0. The van der Waals surface area contributed by atoms with Crippen LogP contribution in [-0.2, 0) is 24.4 Å². The second-order valence-corrected chi connectivity index (χ2v) is 10.2. The molecule has 2 aromatic rings. The standard InChI is InChI=1S/C23H32N5/c1-22(2,3)20-24-19(25-21(26-20)23(4,5)6)16-9-8-15-10-13-28-18(17(15)14-16)11-12-27(28)7/h8-9,11-12,16H,10,13-14H2,1-7H3/q+1. The van der Waals surface area contributed by atoms with Gasteiger partial charge in [0.05, 0.1) is 6.54 Å². The summed E-state index contributed by atoms with van der Waals surface area (Å²) in [6.07, 6.45) is 8.79. The number of aromatic nitrogens is 5. The van der Waals surface area contributed by atoms with Gasteiger partial charge < -0.3 is 0 Å². The summed E-state index contributed by atoms with van der Waals surface area (Å²) in [5, 5.41) is 0. The van der Waals surface area contributed by atoms with E-state index in [4.69, 9.17) is 15.0 Å². The second kappa shape index (κ2) is 6.36. The van der Waals surface area contributed by atoms with Gasteiger partial charge in [-0.25, -0.2) is 15.0 Å². The van der Waals surface area contributed by atoms with Crippen LogP contribution < -0.4 is 4.68 Å². The maximum atomic E-state index is 4.93. The first kappa shape index (κ1) is 19.0. The monoisotopic (exact) mass is 378 g/mol. The first-order valence-electron chi connectivity index (χ1n) is 10.3. The van der Waals surface area contributed by atoms with Crippen molar-refractivity contribution < 1.29 is 4.68 Å². The van der Waals surface area contributed by atoms with Crippen molar-refractivity contribution >= 4 is 5.57 Å². The van der Waals surface area contributed by atoms with Gasteiger partial charge in [0.2, 0.25) is 0 Å². The zero-order valence-corrected chi connectivity index (χ0v) is 18.2. The molecule has 0 radical (unpaired) electrons. The summed E-state index contributed by atoms with van der Waals surface area (Å²) in [5.74, 6) is 2.86.